The summed E-state index contributed by atoms with van der Waals surface area (Å²) in [6.45, 7) is 2.02. The lowest BCUT2D eigenvalue weighted by molar-refractivity contribution is 1.26. The number of anilines is 2. The van der Waals surface area contributed by atoms with Crippen molar-refractivity contribution in [3.05, 3.63) is 48.5 Å². The fourth-order valence-electron chi connectivity index (χ4n) is 1.20. The second kappa shape index (κ2) is 3.87. The highest BCUT2D eigenvalue weighted by Gasteiger charge is 1.96. The van der Waals surface area contributed by atoms with E-state index in [2.05, 4.69) is 15.3 Å². The van der Waals surface area contributed by atoms with E-state index in [1.54, 1.807) is 18.6 Å². The lowest BCUT2D eigenvalue weighted by Crippen LogP contribution is -1.93. The summed E-state index contributed by atoms with van der Waals surface area (Å²) < 4.78 is 0. The minimum atomic E-state index is 1.04. The van der Waals surface area contributed by atoms with E-state index in [-0.39, 0.29) is 0 Å². The highest BCUT2D eigenvalue weighted by atomic mass is 14.9. The van der Waals surface area contributed by atoms with E-state index in [1.165, 1.54) is 0 Å². The largest absolute Gasteiger partial charge is 0.355 e. The molecule has 0 saturated heterocycles. The van der Waals surface area contributed by atoms with Crippen LogP contribution in [0, 0.1) is 6.92 Å². The van der Waals surface area contributed by atoms with Gasteiger partial charge in [0, 0.05) is 36.2 Å². The van der Waals surface area contributed by atoms with E-state index < -0.39 is 0 Å². The van der Waals surface area contributed by atoms with Gasteiger partial charge in [0.25, 0.3) is 0 Å². The molecule has 3 nitrogen and oxygen atoms in total. The number of pyridine rings is 2. The van der Waals surface area contributed by atoms with Crippen LogP contribution in [0.15, 0.2) is 43.0 Å². The van der Waals surface area contributed by atoms with Crippen LogP contribution in [-0.4, -0.2) is 9.97 Å². The normalized spacial score (nSPS) is 9.79. The van der Waals surface area contributed by atoms with Gasteiger partial charge in [-0.25, -0.2) is 0 Å². The average molecular weight is 185 g/mol. The van der Waals surface area contributed by atoms with Crippen LogP contribution < -0.4 is 5.32 Å². The third kappa shape index (κ3) is 1.88. The Kier molecular flexibility index (Phi) is 2.40. The molecule has 2 aromatic heterocycles. The molecule has 0 amide bonds. The Balaban J connectivity index is 2.24. The molecular formula is C11H11N3. The van der Waals surface area contributed by atoms with Crippen LogP contribution in [0.3, 0.4) is 0 Å². The standard InChI is InChI=1S/C11H11N3/c1-9-8-13-7-4-11(9)14-10-2-5-12-6-3-10/h2-8H,1H3,(H,12,13,14). The van der Waals surface area contributed by atoms with Crippen molar-refractivity contribution in [1.82, 2.24) is 9.97 Å². The lowest BCUT2D eigenvalue weighted by Gasteiger charge is -2.07. The fraction of sp³-hybridized carbons (Fsp3) is 0.0909. The zero-order chi connectivity index (χ0) is 9.80. The van der Waals surface area contributed by atoms with Crippen molar-refractivity contribution in [1.29, 1.82) is 0 Å². The first-order valence-electron chi connectivity index (χ1n) is 4.44. The van der Waals surface area contributed by atoms with E-state index in [4.69, 9.17) is 0 Å². The first-order valence-corrected chi connectivity index (χ1v) is 4.44. The predicted octanol–water partition coefficient (Wildman–Crippen LogP) is 2.53. The first-order chi connectivity index (χ1) is 6.86. The van der Waals surface area contributed by atoms with E-state index >= 15 is 0 Å². The Morgan fingerprint density at radius 2 is 1.71 bits per heavy atom. The van der Waals surface area contributed by atoms with Crippen LogP contribution in [0.1, 0.15) is 5.56 Å². The summed E-state index contributed by atoms with van der Waals surface area (Å²) in [6.07, 6.45) is 7.14. The molecule has 3 heteroatoms. The van der Waals surface area contributed by atoms with Gasteiger partial charge in [0.2, 0.25) is 0 Å². The van der Waals surface area contributed by atoms with E-state index in [1.807, 2.05) is 31.3 Å². The molecule has 0 saturated carbocycles. The molecule has 0 unspecified atom stereocenters. The summed E-state index contributed by atoms with van der Waals surface area (Å²) in [7, 11) is 0. The molecule has 70 valence electrons. The minimum absolute atomic E-state index is 1.04. The molecule has 0 aliphatic heterocycles. The summed E-state index contributed by atoms with van der Waals surface area (Å²) >= 11 is 0. The highest BCUT2D eigenvalue weighted by molar-refractivity contribution is 5.61. The second-order valence-electron chi connectivity index (χ2n) is 3.05. The van der Waals surface area contributed by atoms with E-state index in [9.17, 15) is 0 Å². The topological polar surface area (TPSA) is 37.8 Å². The SMILES string of the molecule is Cc1cnccc1Nc1ccncc1. The number of nitrogens with one attached hydrogen (secondary N) is 1. The van der Waals surface area contributed by atoms with Crippen molar-refractivity contribution in [2.24, 2.45) is 0 Å². The average Bonchev–Trinajstić information content (AvgIpc) is 2.23. The van der Waals surface area contributed by atoms with Gasteiger partial charge in [-0.3, -0.25) is 9.97 Å². The van der Waals surface area contributed by atoms with Crippen LogP contribution >= 0.6 is 0 Å². The van der Waals surface area contributed by atoms with Crippen LogP contribution in [0.5, 0.6) is 0 Å². The highest BCUT2D eigenvalue weighted by Crippen LogP contribution is 2.17. The van der Waals surface area contributed by atoms with E-state index in [0.29, 0.717) is 0 Å². The molecule has 0 bridgehead atoms. The van der Waals surface area contributed by atoms with Crippen LogP contribution in [0.25, 0.3) is 0 Å². The molecule has 0 atom stereocenters. The van der Waals surface area contributed by atoms with Crippen LogP contribution in [0.2, 0.25) is 0 Å². The van der Waals surface area contributed by atoms with Gasteiger partial charge >= 0.3 is 0 Å². The van der Waals surface area contributed by atoms with Gasteiger partial charge in [0.1, 0.15) is 0 Å². The molecule has 1 N–H and O–H groups in total. The van der Waals surface area contributed by atoms with Crippen molar-refractivity contribution >= 4 is 11.4 Å². The molecule has 0 aliphatic rings. The third-order valence-electron chi connectivity index (χ3n) is 1.98. The van der Waals surface area contributed by atoms with Crippen molar-refractivity contribution in [3.8, 4) is 0 Å². The minimum Gasteiger partial charge on any atom is -0.355 e. The van der Waals surface area contributed by atoms with Crippen molar-refractivity contribution in [3.63, 3.8) is 0 Å². The van der Waals surface area contributed by atoms with Gasteiger partial charge in [0.15, 0.2) is 0 Å². The molecule has 14 heavy (non-hydrogen) atoms. The zero-order valence-corrected chi connectivity index (χ0v) is 7.94. The van der Waals surface area contributed by atoms with Crippen molar-refractivity contribution in [2.45, 2.75) is 6.92 Å². The molecule has 0 fully saturated rings. The maximum absolute atomic E-state index is 4.03. The van der Waals surface area contributed by atoms with E-state index in [0.717, 1.165) is 16.9 Å². The number of aryl methyl sites for hydroxylation is 1. The molecule has 0 spiro atoms. The number of rotatable bonds is 2. The summed E-state index contributed by atoms with van der Waals surface area (Å²) in [4.78, 5) is 7.99. The molecule has 0 radical (unpaired) electrons. The van der Waals surface area contributed by atoms with Crippen LogP contribution in [0.4, 0.5) is 11.4 Å². The fourth-order valence-corrected chi connectivity index (χ4v) is 1.20. The number of nitrogens with zero attached hydrogens (tertiary/aromatic N) is 2. The van der Waals surface area contributed by atoms with Crippen LogP contribution in [-0.2, 0) is 0 Å². The molecule has 0 aromatic carbocycles. The summed E-state index contributed by atoms with van der Waals surface area (Å²) in [6, 6.07) is 5.81. The summed E-state index contributed by atoms with van der Waals surface area (Å²) in [5.41, 5.74) is 3.24. The van der Waals surface area contributed by atoms with Gasteiger partial charge in [-0.2, -0.15) is 0 Å². The van der Waals surface area contributed by atoms with Gasteiger partial charge in [0.05, 0.1) is 0 Å². The first kappa shape index (κ1) is 8.69. The summed E-state index contributed by atoms with van der Waals surface area (Å²) in [5.74, 6) is 0. The Morgan fingerprint density at radius 3 is 2.43 bits per heavy atom. The quantitative estimate of drug-likeness (QED) is 0.781. The molecule has 0 aliphatic carbocycles. The predicted molar refractivity (Wildman–Crippen MR) is 56.5 cm³/mol. The lowest BCUT2D eigenvalue weighted by atomic mass is 10.2. The van der Waals surface area contributed by atoms with Gasteiger partial charge in [-0.05, 0) is 30.7 Å². The second-order valence-corrected chi connectivity index (χ2v) is 3.05. The van der Waals surface area contributed by atoms with Gasteiger partial charge < -0.3 is 5.32 Å². The zero-order valence-electron chi connectivity index (χ0n) is 7.94. The number of aromatic nitrogens is 2. The smallest absolute Gasteiger partial charge is 0.0444 e. The van der Waals surface area contributed by atoms with Crippen molar-refractivity contribution in [2.75, 3.05) is 5.32 Å². The molecule has 2 rings (SSSR count). The monoisotopic (exact) mass is 185 g/mol. The third-order valence-corrected chi connectivity index (χ3v) is 1.98. The van der Waals surface area contributed by atoms with Gasteiger partial charge in [-0.1, -0.05) is 0 Å². The maximum atomic E-state index is 4.03. The number of hydrogen-bond donors (Lipinski definition) is 1. The molecular weight excluding hydrogens is 174 g/mol. The number of hydrogen-bond acceptors (Lipinski definition) is 3. The molecule has 2 aromatic rings. The Morgan fingerprint density at radius 1 is 1.00 bits per heavy atom. The summed E-state index contributed by atoms with van der Waals surface area (Å²) in [5, 5.41) is 3.29. The Labute approximate surface area is 82.8 Å². The Bertz CT molecular complexity index is 412. The van der Waals surface area contributed by atoms with Crippen molar-refractivity contribution < 1.29 is 0 Å². The Hall–Kier alpha value is -1.90. The maximum Gasteiger partial charge on any atom is 0.0444 e. The van der Waals surface area contributed by atoms with Gasteiger partial charge in [-0.15, -0.1) is 0 Å². The molecule has 2 heterocycles.